The molecular weight excluding hydrogens is 440 g/mol. The van der Waals surface area contributed by atoms with Gasteiger partial charge in [0.1, 0.15) is 5.69 Å². The van der Waals surface area contributed by atoms with Crippen LogP contribution in [0, 0.1) is 17.0 Å². The van der Waals surface area contributed by atoms with Gasteiger partial charge in [0.15, 0.2) is 6.10 Å². The zero-order chi connectivity index (χ0) is 23.6. The van der Waals surface area contributed by atoms with E-state index in [0.29, 0.717) is 11.4 Å². The molecule has 10 nitrogen and oxygen atoms in total. The van der Waals surface area contributed by atoms with Crippen LogP contribution in [0.1, 0.15) is 23.0 Å². The number of nitrogens with zero attached hydrogens (tertiary/aromatic N) is 3. The summed E-state index contributed by atoms with van der Waals surface area (Å²) in [4.78, 5) is 48.0. The van der Waals surface area contributed by atoms with E-state index in [1.165, 1.54) is 11.6 Å². The number of halogens is 1. The van der Waals surface area contributed by atoms with Crippen molar-refractivity contribution in [2.24, 2.45) is 7.05 Å². The maximum Gasteiger partial charge on any atom is 0.340 e. The van der Waals surface area contributed by atoms with Gasteiger partial charge in [0.2, 0.25) is 0 Å². The van der Waals surface area contributed by atoms with Crippen molar-refractivity contribution >= 4 is 34.9 Å². The maximum absolute atomic E-state index is 12.9. The molecule has 3 aromatic rings. The van der Waals surface area contributed by atoms with E-state index in [4.69, 9.17) is 16.3 Å². The highest BCUT2D eigenvalue weighted by atomic mass is 35.5. The second-order valence-corrected chi connectivity index (χ2v) is 7.30. The quantitative estimate of drug-likeness (QED) is 0.343. The van der Waals surface area contributed by atoms with Crippen molar-refractivity contribution in [1.29, 1.82) is 0 Å². The van der Waals surface area contributed by atoms with Crippen LogP contribution in [0.3, 0.4) is 0 Å². The first-order valence-electron chi connectivity index (χ1n) is 9.41. The summed E-state index contributed by atoms with van der Waals surface area (Å²) < 4.78 is 8.13. The molecular formula is C21H19ClN4O6. The SMILES string of the molecule is Cc1c(NC(=O)[C@@H](C)OC(=O)c2ccc([N+](=O)[O-])cc2Cl)c(=O)n(-c2ccccc2)n1C. The molecule has 3 rings (SSSR count). The van der Waals surface area contributed by atoms with E-state index in [0.717, 1.165) is 18.2 Å². The highest BCUT2D eigenvalue weighted by Gasteiger charge is 2.25. The summed E-state index contributed by atoms with van der Waals surface area (Å²) >= 11 is 5.93. The lowest BCUT2D eigenvalue weighted by atomic mass is 10.2. The standard InChI is InChI=1S/C21H19ClN4O6/c1-12-18(20(28)25(24(12)3)14-7-5-4-6-8-14)23-19(27)13(2)32-21(29)16-10-9-15(26(30)31)11-17(16)22/h4-11,13H,1-3H3,(H,23,27)/t13-/m1/s1. The smallest absolute Gasteiger partial charge is 0.340 e. The minimum atomic E-state index is -1.27. The monoisotopic (exact) mass is 458 g/mol. The van der Waals surface area contributed by atoms with E-state index in [1.54, 1.807) is 42.9 Å². The van der Waals surface area contributed by atoms with Gasteiger partial charge in [-0.1, -0.05) is 29.8 Å². The Balaban J connectivity index is 1.77. The van der Waals surface area contributed by atoms with Gasteiger partial charge >= 0.3 is 5.97 Å². The molecule has 0 bridgehead atoms. The number of rotatable bonds is 6. The predicted molar refractivity (Wildman–Crippen MR) is 117 cm³/mol. The normalized spacial score (nSPS) is 11.6. The first-order valence-corrected chi connectivity index (χ1v) is 9.79. The van der Waals surface area contributed by atoms with E-state index >= 15 is 0 Å². The highest BCUT2D eigenvalue weighted by Crippen LogP contribution is 2.23. The van der Waals surface area contributed by atoms with E-state index in [2.05, 4.69) is 5.32 Å². The van der Waals surface area contributed by atoms with Crippen molar-refractivity contribution in [3.8, 4) is 5.69 Å². The number of nitro groups is 1. The number of hydrogen-bond donors (Lipinski definition) is 1. The molecule has 2 aromatic carbocycles. The zero-order valence-electron chi connectivity index (χ0n) is 17.4. The largest absolute Gasteiger partial charge is 0.449 e. The maximum atomic E-state index is 12.9. The summed E-state index contributed by atoms with van der Waals surface area (Å²) in [5.41, 5.74) is 0.324. The van der Waals surface area contributed by atoms with Crippen LogP contribution < -0.4 is 10.9 Å². The summed E-state index contributed by atoms with van der Waals surface area (Å²) in [6.45, 7) is 3.00. The van der Waals surface area contributed by atoms with Gasteiger partial charge in [-0.05, 0) is 32.0 Å². The second-order valence-electron chi connectivity index (χ2n) is 6.89. The number of non-ortho nitro benzene ring substituents is 1. The fourth-order valence-electron chi connectivity index (χ4n) is 3.00. The molecule has 0 radical (unpaired) electrons. The fraction of sp³-hybridized carbons (Fsp3) is 0.190. The van der Waals surface area contributed by atoms with Gasteiger partial charge in [-0.3, -0.25) is 24.4 Å². The molecule has 1 amide bonds. The summed E-state index contributed by atoms with van der Waals surface area (Å²) in [6.07, 6.45) is -1.27. The molecule has 0 spiro atoms. The number of aromatic nitrogens is 2. The van der Waals surface area contributed by atoms with Crippen LogP contribution in [0.25, 0.3) is 5.69 Å². The highest BCUT2D eigenvalue weighted by molar-refractivity contribution is 6.33. The van der Waals surface area contributed by atoms with Crippen molar-refractivity contribution in [3.05, 3.63) is 85.3 Å². The molecule has 0 aliphatic heterocycles. The van der Waals surface area contributed by atoms with Gasteiger partial charge in [0.25, 0.3) is 17.2 Å². The van der Waals surface area contributed by atoms with Crippen molar-refractivity contribution in [1.82, 2.24) is 9.36 Å². The lowest BCUT2D eigenvalue weighted by molar-refractivity contribution is -0.384. The second kappa shape index (κ2) is 9.06. The molecule has 1 N–H and O–H groups in total. The third-order valence-electron chi connectivity index (χ3n) is 4.84. The first-order chi connectivity index (χ1) is 15.1. The third-order valence-corrected chi connectivity index (χ3v) is 5.15. The van der Waals surface area contributed by atoms with E-state index in [1.807, 2.05) is 6.07 Å². The number of carbonyl (C=O) groups excluding carboxylic acids is 2. The number of esters is 1. The molecule has 0 aliphatic rings. The van der Waals surface area contributed by atoms with Crippen LogP contribution in [0.15, 0.2) is 53.3 Å². The first kappa shape index (κ1) is 22.8. The number of para-hydroxylation sites is 1. The van der Waals surface area contributed by atoms with E-state index < -0.39 is 28.5 Å². The van der Waals surface area contributed by atoms with Gasteiger partial charge in [0.05, 0.1) is 26.9 Å². The molecule has 0 aliphatic carbocycles. The minimum Gasteiger partial charge on any atom is -0.449 e. The van der Waals surface area contributed by atoms with Crippen molar-refractivity contribution < 1.29 is 19.2 Å². The lowest BCUT2D eigenvalue weighted by Gasteiger charge is -2.13. The topological polar surface area (TPSA) is 125 Å². The van der Waals surface area contributed by atoms with Crippen LogP contribution in [-0.2, 0) is 16.6 Å². The number of nitrogens with one attached hydrogen (secondary N) is 1. The molecule has 0 unspecified atom stereocenters. The van der Waals surface area contributed by atoms with Gasteiger partial charge in [-0.25, -0.2) is 9.48 Å². The summed E-state index contributed by atoms with van der Waals surface area (Å²) in [5, 5.41) is 13.1. The van der Waals surface area contributed by atoms with Crippen LogP contribution in [0.4, 0.5) is 11.4 Å². The number of carbonyl (C=O) groups is 2. The van der Waals surface area contributed by atoms with Crippen LogP contribution >= 0.6 is 11.6 Å². The Morgan fingerprint density at radius 3 is 2.44 bits per heavy atom. The molecule has 0 saturated carbocycles. The summed E-state index contributed by atoms with van der Waals surface area (Å²) in [6, 6.07) is 12.2. The number of amides is 1. The number of benzene rings is 2. The number of nitro benzene ring substituents is 1. The van der Waals surface area contributed by atoms with Crippen LogP contribution in [0.2, 0.25) is 5.02 Å². The molecule has 1 heterocycles. The Labute approximate surface area is 187 Å². The Morgan fingerprint density at radius 2 is 1.84 bits per heavy atom. The fourth-order valence-corrected chi connectivity index (χ4v) is 3.25. The minimum absolute atomic E-state index is 0.0534. The molecule has 166 valence electrons. The molecule has 0 fully saturated rings. The van der Waals surface area contributed by atoms with Gasteiger partial charge in [-0.2, -0.15) is 0 Å². The molecule has 1 aromatic heterocycles. The molecule has 0 saturated heterocycles. The van der Waals surface area contributed by atoms with Crippen LogP contribution in [-0.4, -0.2) is 32.3 Å². The van der Waals surface area contributed by atoms with E-state index in [-0.39, 0.29) is 22.0 Å². The van der Waals surface area contributed by atoms with Crippen molar-refractivity contribution in [3.63, 3.8) is 0 Å². The van der Waals surface area contributed by atoms with Gasteiger partial charge in [-0.15, -0.1) is 0 Å². The average Bonchev–Trinajstić information content (AvgIpc) is 2.97. The zero-order valence-corrected chi connectivity index (χ0v) is 18.1. The molecule has 1 atom stereocenters. The number of hydrogen-bond acceptors (Lipinski definition) is 6. The Bertz CT molecular complexity index is 1270. The predicted octanol–water partition coefficient (Wildman–Crippen LogP) is 3.23. The number of anilines is 1. The summed E-state index contributed by atoms with van der Waals surface area (Å²) in [5.74, 6) is -1.65. The van der Waals surface area contributed by atoms with Crippen molar-refractivity contribution in [2.45, 2.75) is 20.0 Å². The molecule has 32 heavy (non-hydrogen) atoms. The Morgan fingerprint density at radius 1 is 1.19 bits per heavy atom. The lowest BCUT2D eigenvalue weighted by Crippen LogP contribution is -2.32. The number of ether oxygens (including phenoxy) is 1. The molecule has 11 heteroatoms. The Kier molecular flexibility index (Phi) is 6.45. The van der Waals surface area contributed by atoms with Crippen LogP contribution in [0.5, 0.6) is 0 Å². The Hall–Kier alpha value is -3.92. The third kappa shape index (κ3) is 4.40. The van der Waals surface area contributed by atoms with E-state index in [9.17, 15) is 24.5 Å². The van der Waals surface area contributed by atoms with Gasteiger partial charge in [0, 0.05) is 19.2 Å². The average molecular weight is 459 g/mol. The van der Waals surface area contributed by atoms with Gasteiger partial charge < -0.3 is 10.1 Å². The summed E-state index contributed by atoms with van der Waals surface area (Å²) in [7, 11) is 1.68. The van der Waals surface area contributed by atoms with Crippen molar-refractivity contribution in [2.75, 3.05) is 5.32 Å².